The van der Waals surface area contributed by atoms with Crippen LogP contribution in [0.2, 0.25) is 0 Å². The minimum atomic E-state index is -0.790. The molecule has 5 nitrogen and oxygen atoms in total. The summed E-state index contributed by atoms with van der Waals surface area (Å²) >= 11 is 0. The van der Waals surface area contributed by atoms with E-state index in [9.17, 15) is 14.7 Å². The first-order valence-electron chi connectivity index (χ1n) is 19.8. The molecule has 0 aliphatic carbocycles. The van der Waals surface area contributed by atoms with E-state index in [4.69, 9.17) is 9.47 Å². The number of aliphatic hydroxyl groups is 1. The third-order valence-corrected chi connectivity index (χ3v) is 8.30. The highest BCUT2D eigenvalue weighted by atomic mass is 16.6. The quantitative estimate of drug-likeness (QED) is 0.0413. The van der Waals surface area contributed by atoms with E-state index in [1.165, 1.54) is 89.9 Å². The van der Waals surface area contributed by atoms with Crippen LogP contribution < -0.4 is 0 Å². The lowest BCUT2D eigenvalue weighted by atomic mass is 10.1. The van der Waals surface area contributed by atoms with E-state index in [0.717, 1.165) is 64.2 Å². The average Bonchev–Trinajstić information content (AvgIpc) is 3.09. The molecule has 0 saturated heterocycles. The SMILES string of the molecule is CC/C=C/C/C=C/C/C=C/C/C=C/CCCCC(=O)OC[C@H](CO)OC(=O)CCCCCCCCCCC/C=C/CCCCCCCC. The van der Waals surface area contributed by atoms with Gasteiger partial charge in [-0.3, -0.25) is 9.59 Å². The van der Waals surface area contributed by atoms with Crippen LogP contribution in [0, 0.1) is 0 Å². The van der Waals surface area contributed by atoms with Crippen molar-refractivity contribution in [3.05, 3.63) is 60.8 Å². The monoisotopic (exact) mass is 671 g/mol. The van der Waals surface area contributed by atoms with Gasteiger partial charge in [-0.05, 0) is 77.0 Å². The Hall–Kier alpha value is -2.40. The molecule has 0 fully saturated rings. The molecule has 276 valence electrons. The van der Waals surface area contributed by atoms with Crippen LogP contribution in [-0.2, 0) is 19.1 Å². The summed E-state index contributed by atoms with van der Waals surface area (Å²) < 4.78 is 10.6. The first-order chi connectivity index (χ1) is 23.6. The van der Waals surface area contributed by atoms with Gasteiger partial charge in [-0.2, -0.15) is 0 Å². The highest BCUT2D eigenvalue weighted by molar-refractivity contribution is 5.70. The van der Waals surface area contributed by atoms with Crippen molar-refractivity contribution in [2.75, 3.05) is 13.2 Å². The number of allylic oxidation sites excluding steroid dienone is 10. The van der Waals surface area contributed by atoms with Crippen LogP contribution in [0.1, 0.15) is 181 Å². The molecule has 0 aromatic heterocycles. The van der Waals surface area contributed by atoms with Crippen molar-refractivity contribution in [2.45, 2.75) is 187 Å². The molecule has 0 heterocycles. The Balaban J connectivity index is 3.61. The molecule has 0 radical (unpaired) electrons. The molecule has 0 amide bonds. The first-order valence-corrected chi connectivity index (χ1v) is 19.8. The Bertz CT molecular complexity index is 853. The number of carbonyl (C=O) groups is 2. The number of ether oxygens (including phenoxy) is 2. The molecule has 0 bridgehead atoms. The Morgan fingerprint density at radius 1 is 0.500 bits per heavy atom. The van der Waals surface area contributed by atoms with Gasteiger partial charge in [0.15, 0.2) is 6.10 Å². The smallest absolute Gasteiger partial charge is 0.306 e. The topological polar surface area (TPSA) is 72.8 Å². The number of carbonyl (C=O) groups excluding carboxylic acids is 2. The summed E-state index contributed by atoms with van der Waals surface area (Å²) in [5.41, 5.74) is 0. The van der Waals surface area contributed by atoms with E-state index < -0.39 is 6.10 Å². The fourth-order valence-electron chi connectivity index (χ4n) is 5.30. The van der Waals surface area contributed by atoms with Crippen molar-refractivity contribution in [3.8, 4) is 0 Å². The largest absolute Gasteiger partial charge is 0.462 e. The van der Waals surface area contributed by atoms with Crippen LogP contribution in [-0.4, -0.2) is 36.4 Å². The van der Waals surface area contributed by atoms with Crippen LogP contribution in [0.5, 0.6) is 0 Å². The van der Waals surface area contributed by atoms with Gasteiger partial charge in [0.05, 0.1) is 6.61 Å². The molecule has 1 atom stereocenters. The molecular weight excluding hydrogens is 596 g/mol. The average molecular weight is 671 g/mol. The summed E-state index contributed by atoms with van der Waals surface area (Å²) in [4.78, 5) is 24.2. The van der Waals surface area contributed by atoms with E-state index in [-0.39, 0.29) is 25.2 Å². The standard InChI is InChI=1S/C43H74O5/c1-3-5-7-9-11-13-15-17-19-20-21-22-24-26-28-30-32-34-36-38-43(46)48-41(39-44)40-47-42(45)37-35-33-31-29-27-25-23-18-16-14-12-10-8-6-4-2/h6,8,12,14,17-19,23,27,29,41,44H,3-5,7,9-11,13,15-16,20-22,24-26,28,30-40H2,1-2H3/b8-6+,14-12+,19-17+,23-18+,29-27+/t41-/m0/s1. The molecule has 0 aromatic carbocycles. The van der Waals surface area contributed by atoms with Crippen molar-refractivity contribution in [2.24, 2.45) is 0 Å². The normalized spacial score (nSPS) is 12.8. The molecule has 0 aromatic rings. The summed E-state index contributed by atoms with van der Waals surface area (Å²) in [6, 6.07) is 0. The Morgan fingerprint density at radius 3 is 1.42 bits per heavy atom. The van der Waals surface area contributed by atoms with E-state index >= 15 is 0 Å². The summed E-state index contributed by atoms with van der Waals surface area (Å²) in [7, 11) is 0. The Morgan fingerprint density at radius 2 is 0.896 bits per heavy atom. The van der Waals surface area contributed by atoms with Gasteiger partial charge in [-0.25, -0.2) is 0 Å². The number of hydrogen-bond donors (Lipinski definition) is 1. The summed E-state index contributed by atoms with van der Waals surface area (Å²) in [5.74, 6) is -0.644. The van der Waals surface area contributed by atoms with E-state index in [0.29, 0.717) is 12.8 Å². The maximum atomic E-state index is 12.2. The summed E-state index contributed by atoms with van der Waals surface area (Å²) in [5, 5.41) is 9.55. The third kappa shape index (κ3) is 36.4. The molecular formula is C43H74O5. The number of hydrogen-bond acceptors (Lipinski definition) is 5. The lowest BCUT2D eigenvalue weighted by molar-refractivity contribution is -0.161. The predicted octanol–water partition coefficient (Wildman–Crippen LogP) is 12.4. The second-order valence-corrected chi connectivity index (χ2v) is 13.0. The number of aliphatic hydroxyl groups excluding tert-OH is 1. The van der Waals surface area contributed by atoms with E-state index in [1.807, 2.05) is 0 Å². The number of rotatable bonds is 35. The molecule has 0 rings (SSSR count). The van der Waals surface area contributed by atoms with E-state index in [2.05, 4.69) is 74.6 Å². The van der Waals surface area contributed by atoms with Gasteiger partial charge < -0.3 is 14.6 Å². The van der Waals surface area contributed by atoms with Gasteiger partial charge in [0, 0.05) is 12.8 Å². The minimum absolute atomic E-state index is 0.0899. The first kappa shape index (κ1) is 45.6. The Labute approximate surface area is 296 Å². The summed E-state index contributed by atoms with van der Waals surface area (Å²) in [6.07, 6.45) is 50.0. The van der Waals surface area contributed by atoms with E-state index in [1.54, 1.807) is 0 Å². The van der Waals surface area contributed by atoms with Crippen LogP contribution in [0.3, 0.4) is 0 Å². The van der Waals surface area contributed by atoms with Crippen LogP contribution in [0.4, 0.5) is 0 Å². The zero-order chi connectivity index (χ0) is 35.0. The van der Waals surface area contributed by atoms with Crippen molar-refractivity contribution in [1.82, 2.24) is 0 Å². The molecule has 1 N–H and O–H groups in total. The molecule has 0 unspecified atom stereocenters. The molecule has 0 saturated carbocycles. The van der Waals surface area contributed by atoms with Crippen molar-refractivity contribution < 1.29 is 24.2 Å². The van der Waals surface area contributed by atoms with Crippen LogP contribution in [0.15, 0.2) is 60.8 Å². The number of unbranched alkanes of at least 4 members (excludes halogenated alkanes) is 17. The molecule has 0 aliphatic rings. The highest BCUT2D eigenvalue weighted by Crippen LogP contribution is 2.13. The fourth-order valence-corrected chi connectivity index (χ4v) is 5.30. The van der Waals surface area contributed by atoms with Gasteiger partial charge >= 0.3 is 11.9 Å². The minimum Gasteiger partial charge on any atom is -0.462 e. The fraction of sp³-hybridized carbons (Fsp3) is 0.721. The van der Waals surface area contributed by atoms with Crippen molar-refractivity contribution in [3.63, 3.8) is 0 Å². The maximum absolute atomic E-state index is 12.2. The lowest BCUT2D eigenvalue weighted by Gasteiger charge is -2.15. The zero-order valence-electron chi connectivity index (χ0n) is 31.2. The molecule has 5 heteroatoms. The molecule has 0 spiro atoms. The summed E-state index contributed by atoms with van der Waals surface area (Å²) in [6.45, 7) is 3.97. The second-order valence-electron chi connectivity index (χ2n) is 13.0. The molecule has 0 aliphatic heterocycles. The predicted molar refractivity (Wildman–Crippen MR) is 205 cm³/mol. The van der Waals surface area contributed by atoms with Crippen LogP contribution in [0.25, 0.3) is 0 Å². The van der Waals surface area contributed by atoms with Crippen LogP contribution >= 0.6 is 0 Å². The second kappa shape index (κ2) is 39.0. The number of esters is 2. The van der Waals surface area contributed by atoms with Gasteiger partial charge in [-0.15, -0.1) is 0 Å². The van der Waals surface area contributed by atoms with Crippen molar-refractivity contribution >= 4 is 11.9 Å². The maximum Gasteiger partial charge on any atom is 0.306 e. The Kier molecular flexibility index (Phi) is 37.1. The highest BCUT2D eigenvalue weighted by Gasteiger charge is 2.16. The molecule has 48 heavy (non-hydrogen) atoms. The lowest BCUT2D eigenvalue weighted by Crippen LogP contribution is -2.28. The van der Waals surface area contributed by atoms with Gasteiger partial charge in [0.25, 0.3) is 0 Å². The third-order valence-electron chi connectivity index (χ3n) is 8.30. The van der Waals surface area contributed by atoms with Gasteiger partial charge in [0.2, 0.25) is 0 Å². The van der Waals surface area contributed by atoms with Crippen molar-refractivity contribution in [1.29, 1.82) is 0 Å². The zero-order valence-corrected chi connectivity index (χ0v) is 31.2. The van der Waals surface area contributed by atoms with Gasteiger partial charge in [0.1, 0.15) is 6.61 Å². The van der Waals surface area contributed by atoms with Gasteiger partial charge in [-0.1, -0.05) is 152 Å².